The Morgan fingerprint density at radius 1 is 0.446 bits per heavy atom. The number of hydrogen-bond donors (Lipinski definition) is 3. The summed E-state index contributed by atoms with van der Waals surface area (Å²) in [6.45, 7) is 4.17. The molecule has 0 saturated heterocycles. The van der Waals surface area contributed by atoms with Gasteiger partial charge in [0.15, 0.2) is 0 Å². The van der Waals surface area contributed by atoms with Crippen molar-refractivity contribution in [3.63, 3.8) is 0 Å². The lowest BCUT2D eigenvalue weighted by Crippen LogP contribution is -2.45. The van der Waals surface area contributed by atoms with Crippen molar-refractivity contribution in [1.82, 2.24) is 5.32 Å². The zero-order valence-corrected chi connectivity index (χ0v) is 36.9. The van der Waals surface area contributed by atoms with Crippen LogP contribution in [0.4, 0.5) is 0 Å². The van der Waals surface area contributed by atoms with Crippen molar-refractivity contribution in [2.45, 2.75) is 231 Å². The van der Waals surface area contributed by atoms with Gasteiger partial charge in [-0.05, 0) is 83.5 Å². The summed E-state index contributed by atoms with van der Waals surface area (Å²) in [6.07, 6.45) is 68.5. The minimum absolute atomic E-state index is 0.0817. The Labute approximate surface area is 348 Å². The van der Waals surface area contributed by atoms with E-state index in [1.165, 1.54) is 135 Å². The summed E-state index contributed by atoms with van der Waals surface area (Å²) < 4.78 is 0. The number of carbonyl (C=O) groups is 1. The molecule has 3 N–H and O–H groups in total. The summed E-state index contributed by atoms with van der Waals surface area (Å²) in [4.78, 5) is 12.4. The largest absolute Gasteiger partial charge is 0.394 e. The first-order valence-electron chi connectivity index (χ1n) is 23.8. The van der Waals surface area contributed by atoms with E-state index in [0.717, 1.165) is 64.2 Å². The van der Waals surface area contributed by atoms with Gasteiger partial charge in [-0.15, -0.1) is 0 Å². The van der Waals surface area contributed by atoms with Gasteiger partial charge < -0.3 is 15.5 Å². The Morgan fingerprint density at radius 3 is 1.25 bits per heavy atom. The van der Waals surface area contributed by atoms with Crippen LogP contribution in [0.25, 0.3) is 0 Å². The van der Waals surface area contributed by atoms with Gasteiger partial charge in [0.25, 0.3) is 0 Å². The van der Waals surface area contributed by atoms with Crippen molar-refractivity contribution >= 4 is 5.91 Å². The van der Waals surface area contributed by atoms with Gasteiger partial charge in [0, 0.05) is 6.42 Å². The molecule has 0 aromatic rings. The standard InChI is InChI=1S/C52H91NO3/c1-3-5-7-9-11-13-15-17-19-21-22-23-24-25-26-27-28-29-30-32-34-36-38-40-42-44-46-48-52(56)53-50(49-54)51(55)47-45-43-41-39-37-35-33-31-20-18-16-14-12-10-8-6-4-2/h5,7,11,13,17,19-20,22-23,31,37,39,45,47,50-51,54-55H,3-4,6,8-10,12,14-16,18,21,24-30,32-36,38,40-44,46,48-49H2,1-2H3,(H,53,56)/b7-5-,13-11-,19-17-,23-22-,31-20+,39-37+,47-45+. The van der Waals surface area contributed by atoms with Crippen LogP contribution in [0.1, 0.15) is 219 Å². The van der Waals surface area contributed by atoms with Crippen LogP contribution in [0.3, 0.4) is 0 Å². The number of aliphatic hydroxyl groups is 2. The van der Waals surface area contributed by atoms with Gasteiger partial charge >= 0.3 is 0 Å². The van der Waals surface area contributed by atoms with Crippen molar-refractivity contribution in [3.05, 3.63) is 85.1 Å². The maximum absolute atomic E-state index is 12.4. The van der Waals surface area contributed by atoms with Gasteiger partial charge in [0.05, 0.1) is 18.8 Å². The van der Waals surface area contributed by atoms with E-state index in [1.54, 1.807) is 6.08 Å². The van der Waals surface area contributed by atoms with Gasteiger partial charge in [-0.1, -0.05) is 214 Å². The van der Waals surface area contributed by atoms with E-state index in [9.17, 15) is 15.0 Å². The summed E-state index contributed by atoms with van der Waals surface area (Å²) in [5, 5.41) is 23.0. The third kappa shape index (κ3) is 42.7. The highest BCUT2D eigenvalue weighted by molar-refractivity contribution is 5.76. The Hall–Kier alpha value is -2.43. The SMILES string of the molecule is CC/C=C\C/C=C\C/C=C\C/C=C\CCCCCCCCCCCCCCCCC(=O)NC(CO)C(O)/C=C/CC/C=C/CC/C=C/CCCCCCCCC. The highest BCUT2D eigenvalue weighted by atomic mass is 16.3. The van der Waals surface area contributed by atoms with Crippen molar-refractivity contribution in [3.8, 4) is 0 Å². The smallest absolute Gasteiger partial charge is 0.220 e. The van der Waals surface area contributed by atoms with Crippen molar-refractivity contribution in [1.29, 1.82) is 0 Å². The van der Waals surface area contributed by atoms with E-state index in [-0.39, 0.29) is 12.5 Å². The molecule has 0 radical (unpaired) electrons. The second kappa shape index (κ2) is 46.9. The Balaban J connectivity index is 3.60. The van der Waals surface area contributed by atoms with E-state index in [0.29, 0.717) is 6.42 Å². The molecule has 0 aliphatic rings. The lowest BCUT2D eigenvalue weighted by molar-refractivity contribution is -0.123. The predicted octanol–water partition coefficient (Wildman–Crippen LogP) is 15.2. The molecule has 0 heterocycles. The molecular weight excluding hydrogens is 687 g/mol. The third-order valence-electron chi connectivity index (χ3n) is 10.3. The molecule has 0 saturated carbocycles. The molecule has 0 fully saturated rings. The summed E-state index contributed by atoms with van der Waals surface area (Å²) >= 11 is 0. The van der Waals surface area contributed by atoms with Gasteiger partial charge in [-0.25, -0.2) is 0 Å². The minimum Gasteiger partial charge on any atom is -0.394 e. The molecule has 2 atom stereocenters. The van der Waals surface area contributed by atoms with Crippen LogP contribution in [-0.4, -0.2) is 34.9 Å². The molecular formula is C52H91NO3. The number of allylic oxidation sites excluding steroid dienone is 13. The number of hydrogen-bond acceptors (Lipinski definition) is 3. The van der Waals surface area contributed by atoms with Gasteiger partial charge in [0.2, 0.25) is 5.91 Å². The van der Waals surface area contributed by atoms with E-state index in [4.69, 9.17) is 0 Å². The van der Waals surface area contributed by atoms with E-state index in [2.05, 4.69) is 92.1 Å². The second-order valence-electron chi connectivity index (χ2n) is 15.8. The molecule has 0 spiro atoms. The van der Waals surface area contributed by atoms with Gasteiger partial charge in [0.1, 0.15) is 0 Å². The van der Waals surface area contributed by atoms with Crippen molar-refractivity contribution in [2.75, 3.05) is 6.61 Å². The highest BCUT2D eigenvalue weighted by Gasteiger charge is 2.17. The zero-order chi connectivity index (χ0) is 40.7. The van der Waals surface area contributed by atoms with Crippen LogP contribution >= 0.6 is 0 Å². The molecule has 4 heteroatoms. The fraction of sp³-hybridized carbons (Fsp3) is 0.712. The first kappa shape index (κ1) is 53.6. The first-order valence-corrected chi connectivity index (χ1v) is 23.8. The normalized spacial score (nSPS) is 13.7. The van der Waals surface area contributed by atoms with Crippen LogP contribution in [0.2, 0.25) is 0 Å². The molecule has 56 heavy (non-hydrogen) atoms. The maximum Gasteiger partial charge on any atom is 0.220 e. The predicted molar refractivity (Wildman–Crippen MR) is 248 cm³/mol. The van der Waals surface area contributed by atoms with Crippen LogP contribution < -0.4 is 5.32 Å². The van der Waals surface area contributed by atoms with E-state index < -0.39 is 12.1 Å². The van der Waals surface area contributed by atoms with Crippen molar-refractivity contribution < 1.29 is 15.0 Å². The molecule has 4 nitrogen and oxygen atoms in total. The summed E-state index contributed by atoms with van der Waals surface area (Å²) in [7, 11) is 0. The van der Waals surface area contributed by atoms with Gasteiger partial charge in [-0.2, -0.15) is 0 Å². The second-order valence-corrected chi connectivity index (χ2v) is 15.8. The highest BCUT2D eigenvalue weighted by Crippen LogP contribution is 2.14. The fourth-order valence-electron chi connectivity index (χ4n) is 6.73. The number of amides is 1. The monoisotopic (exact) mass is 778 g/mol. The van der Waals surface area contributed by atoms with Crippen LogP contribution in [0, 0.1) is 0 Å². The van der Waals surface area contributed by atoms with Crippen LogP contribution in [0.5, 0.6) is 0 Å². The first-order chi connectivity index (χ1) is 27.7. The number of unbranched alkanes of at least 4 members (excludes halogenated alkanes) is 23. The Morgan fingerprint density at radius 2 is 0.804 bits per heavy atom. The molecule has 322 valence electrons. The van der Waals surface area contributed by atoms with E-state index in [1.807, 2.05) is 6.08 Å². The van der Waals surface area contributed by atoms with Gasteiger partial charge in [-0.3, -0.25) is 4.79 Å². The number of nitrogens with one attached hydrogen (secondary N) is 1. The quantitative estimate of drug-likeness (QED) is 0.0427. The number of rotatable bonds is 42. The summed E-state index contributed by atoms with van der Waals surface area (Å²) in [6, 6.07) is -0.649. The molecule has 0 aliphatic carbocycles. The van der Waals surface area contributed by atoms with Crippen LogP contribution in [-0.2, 0) is 4.79 Å². The van der Waals surface area contributed by atoms with E-state index >= 15 is 0 Å². The fourth-order valence-corrected chi connectivity index (χ4v) is 6.73. The maximum atomic E-state index is 12.4. The average Bonchev–Trinajstić information content (AvgIpc) is 3.20. The summed E-state index contributed by atoms with van der Waals surface area (Å²) in [5.74, 6) is -0.0817. The molecule has 0 aliphatic heterocycles. The lowest BCUT2D eigenvalue weighted by Gasteiger charge is -2.19. The van der Waals surface area contributed by atoms with Crippen LogP contribution in [0.15, 0.2) is 85.1 Å². The number of carbonyl (C=O) groups excluding carboxylic acids is 1. The molecule has 0 rings (SSSR count). The lowest BCUT2D eigenvalue weighted by atomic mass is 10.0. The summed E-state index contributed by atoms with van der Waals surface area (Å²) in [5.41, 5.74) is 0. The Kier molecular flexibility index (Phi) is 44.9. The third-order valence-corrected chi connectivity index (χ3v) is 10.3. The topological polar surface area (TPSA) is 69.6 Å². The average molecular weight is 778 g/mol. The molecule has 0 aromatic carbocycles. The molecule has 1 amide bonds. The minimum atomic E-state index is -0.874. The molecule has 0 aromatic heterocycles. The molecule has 2 unspecified atom stereocenters. The molecule has 0 bridgehead atoms. The number of aliphatic hydroxyl groups excluding tert-OH is 2. The zero-order valence-electron chi connectivity index (χ0n) is 36.9. The van der Waals surface area contributed by atoms with Crippen molar-refractivity contribution in [2.24, 2.45) is 0 Å². The Bertz CT molecular complexity index is 1020.